The van der Waals surface area contributed by atoms with E-state index in [1.54, 1.807) is 0 Å². The minimum Gasteiger partial charge on any atom is -0.379 e. The second-order valence-corrected chi connectivity index (χ2v) is 7.31. The number of nitrogens with zero attached hydrogens (tertiary/aromatic N) is 3. The number of guanidine groups is 1. The average Bonchev–Trinajstić information content (AvgIpc) is 2.76. The molecule has 1 saturated heterocycles. The standard InChI is InChI=1S/C22H30ClN5O.HI/c1-2-24-22(26-12-10-18-7-5-6-11-25-18)27-17-21(28-13-15-29-16-14-28)19-8-3-4-9-20(19)23;/h3-9,11,21H,2,10,12-17H2,1H3,(H2,24,26,27);1H. The van der Waals surface area contributed by atoms with E-state index in [1.165, 1.54) is 0 Å². The first-order valence-electron chi connectivity index (χ1n) is 10.3. The number of halogens is 2. The van der Waals surface area contributed by atoms with E-state index in [2.05, 4.69) is 33.5 Å². The molecule has 1 aromatic carbocycles. The molecule has 0 amide bonds. The first-order valence-corrected chi connectivity index (χ1v) is 10.6. The summed E-state index contributed by atoms with van der Waals surface area (Å²) in [4.78, 5) is 11.7. The molecule has 1 aliphatic rings. The highest BCUT2D eigenvalue weighted by Gasteiger charge is 2.24. The molecule has 0 bridgehead atoms. The average molecular weight is 544 g/mol. The summed E-state index contributed by atoms with van der Waals surface area (Å²) in [6, 6.07) is 14.2. The molecular formula is C22H31ClIN5O. The zero-order chi connectivity index (χ0) is 20.3. The van der Waals surface area contributed by atoms with Gasteiger partial charge in [-0.3, -0.25) is 14.9 Å². The molecule has 0 radical (unpaired) electrons. The second kappa shape index (κ2) is 13.8. The number of hydrogen-bond donors (Lipinski definition) is 2. The lowest BCUT2D eigenvalue weighted by atomic mass is 10.0. The Morgan fingerprint density at radius 2 is 1.93 bits per heavy atom. The fourth-order valence-electron chi connectivity index (χ4n) is 3.42. The Bertz CT molecular complexity index is 771. The predicted molar refractivity (Wildman–Crippen MR) is 134 cm³/mol. The van der Waals surface area contributed by atoms with E-state index >= 15 is 0 Å². The number of hydrogen-bond acceptors (Lipinski definition) is 4. The van der Waals surface area contributed by atoms with Crippen molar-refractivity contribution >= 4 is 41.5 Å². The Morgan fingerprint density at radius 3 is 2.63 bits per heavy atom. The Hall–Kier alpha value is -1.42. The van der Waals surface area contributed by atoms with Crippen molar-refractivity contribution in [2.45, 2.75) is 19.4 Å². The molecule has 1 atom stereocenters. The third kappa shape index (κ3) is 7.68. The van der Waals surface area contributed by atoms with Gasteiger partial charge >= 0.3 is 0 Å². The molecule has 0 aliphatic carbocycles. The van der Waals surface area contributed by atoms with E-state index in [1.807, 2.05) is 42.6 Å². The molecule has 164 valence electrons. The Kier molecular flexibility index (Phi) is 11.4. The van der Waals surface area contributed by atoms with Crippen LogP contribution >= 0.6 is 35.6 Å². The summed E-state index contributed by atoms with van der Waals surface area (Å²) >= 11 is 6.52. The Labute approximate surface area is 201 Å². The maximum atomic E-state index is 6.52. The molecule has 2 aromatic rings. The molecule has 30 heavy (non-hydrogen) atoms. The van der Waals surface area contributed by atoms with Gasteiger partial charge in [-0.1, -0.05) is 35.9 Å². The molecule has 2 N–H and O–H groups in total. The fraction of sp³-hybridized carbons (Fsp3) is 0.455. The highest BCUT2D eigenvalue weighted by Crippen LogP contribution is 2.28. The topological polar surface area (TPSA) is 61.8 Å². The van der Waals surface area contributed by atoms with Crippen molar-refractivity contribution in [2.24, 2.45) is 4.99 Å². The van der Waals surface area contributed by atoms with Gasteiger partial charge in [0.15, 0.2) is 5.96 Å². The summed E-state index contributed by atoms with van der Waals surface area (Å²) in [5.41, 5.74) is 2.18. The highest BCUT2D eigenvalue weighted by atomic mass is 127. The van der Waals surface area contributed by atoms with Gasteiger partial charge in [-0.15, -0.1) is 24.0 Å². The van der Waals surface area contributed by atoms with Crippen LogP contribution in [0.3, 0.4) is 0 Å². The number of morpholine rings is 1. The maximum absolute atomic E-state index is 6.52. The highest BCUT2D eigenvalue weighted by molar-refractivity contribution is 14.0. The number of nitrogens with one attached hydrogen (secondary N) is 2. The van der Waals surface area contributed by atoms with Gasteiger partial charge < -0.3 is 15.4 Å². The van der Waals surface area contributed by atoms with Crippen LogP contribution in [-0.4, -0.2) is 61.8 Å². The van der Waals surface area contributed by atoms with Crippen molar-refractivity contribution in [3.63, 3.8) is 0 Å². The van der Waals surface area contributed by atoms with E-state index < -0.39 is 0 Å². The number of pyridine rings is 1. The zero-order valence-electron chi connectivity index (χ0n) is 17.4. The van der Waals surface area contributed by atoms with Crippen LogP contribution in [0.4, 0.5) is 0 Å². The molecular weight excluding hydrogens is 513 g/mol. The predicted octanol–water partition coefficient (Wildman–Crippen LogP) is 3.52. The van der Waals surface area contributed by atoms with Crippen LogP contribution in [0.25, 0.3) is 0 Å². The van der Waals surface area contributed by atoms with Gasteiger partial charge in [-0.2, -0.15) is 0 Å². The van der Waals surface area contributed by atoms with Crippen LogP contribution in [0.2, 0.25) is 5.02 Å². The van der Waals surface area contributed by atoms with Crippen LogP contribution < -0.4 is 10.6 Å². The molecule has 1 aromatic heterocycles. The van der Waals surface area contributed by atoms with E-state index in [0.29, 0.717) is 6.54 Å². The van der Waals surface area contributed by atoms with E-state index in [9.17, 15) is 0 Å². The molecule has 0 saturated carbocycles. The number of benzene rings is 1. The van der Waals surface area contributed by atoms with Gasteiger partial charge in [0.2, 0.25) is 0 Å². The number of aromatic nitrogens is 1. The number of aliphatic imine (C=N–C) groups is 1. The molecule has 1 aliphatic heterocycles. The molecule has 0 spiro atoms. The lowest BCUT2D eigenvalue weighted by molar-refractivity contribution is 0.0180. The minimum absolute atomic E-state index is 0. The normalized spacial score (nSPS) is 15.9. The quantitative estimate of drug-likeness (QED) is 0.303. The smallest absolute Gasteiger partial charge is 0.191 e. The molecule has 1 unspecified atom stereocenters. The van der Waals surface area contributed by atoms with E-state index in [4.69, 9.17) is 21.3 Å². The Morgan fingerprint density at radius 1 is 1.17 bits per heavy atom. The third-order valence-electron chi connectivity index (χ3n) is 4.92. The minimum atomic E-state index is 0. The number of ether oxygens (including phenoxy) is 1. The molecule has 1 fully saturated rings. The van der Waals surface area contributed by atoms with Crippen LogP contribution in [0.5, 0.6) is 0 Å². The van der Waals surface area contributed by atoms with Gasteiger partial charge in [0.1, 0.15) is 0 Å². The first kappa shape index (κ1) is 24.8. The lowest BCUT2D eigenvalue weighted by Crippen LogP contribution is -2.42. The SMILES string of the molecule is CCNC(=NCC(c1ccccc1Cl)N1CCOCC1)NCCc1ccccn1.I. The van der Waals surface area contributed by atoms with Gasteiger partial charge in [0.25, 0.3) is 0 Å². The first-order chi connectivity index (χ1) is 14.3. The molecule has 3 rings (SSSR count). The Balaban J connectivity index is 0.00000320. The van der Waals surface area contributed by atoms with E-state index in [-0.39, 0.29) is 30.0 Å². The summed E-state index contributed by atoms with van der Waals surface area (Å²) in [6.45, 7) is 7.54. The van der Waals surface area contributed by atoms with Crippen molar-refractivity contribution < 1.29 is 4.74 Å². The van der Waals surface area contributed by atoms with Gasteiger partial charge in [0.05, 0.1) is 25.8 Å². The van der Waals surface area contributed by atoms with Crippen LogP contribution in [0.1, 0.15) is 24.2 Å². The van der Waals surface area contributed by atoms with Crippen molar-refractivity contribution in [3.8, 4) is 0 Å². The van der Waals surface area contributed by atoms with Gasteiger partial charge in [-0.25, -0.2) is 0 Å². The van der Waals surface area contributed by atoms with Crippen LogP contribution in [0.15, 0.2) is 53.7 Å². The number of rotatable bonds is 8. The summed E-state index contributed by atoms with van der Waals surface area (Å²) < 4.78 is 5.53. The van der Waals surface area contributed by atoms with Crippen molar-refractivity contribution in [3.05, 3.63) is 64.9 Å². The summed E-state index contributed by atoms with van der Waals surface area (Å²) in [5, 5.41) is 7.54. The van der Waals surface area contributed by atoms with Crippen LogP contribution in [-0.2, 0) is 11.2 Å². The maximum Gasteiger partial charge on any atom is 0.191 e. The fourth-order valence-corrected chi connectivity index (χ4v) is 3.68. The summed E-state index contributed by atoms with van der Waals surface area (Å²) in [7, 11) is 0. The molecule has 6 nitrogen and oxygen atoms in total. The monoisotopic (exact) mass is 543 g/mol. The van der Waals surface area contributed by atoms with Gasteiger partial charge in [-0.05, 0) is 30.7 Å². The third-order valence-corrected chi connectivity index (χ3v) is 5.26. The van der Waals surface area contributed by atoms with Crippen molar-refractivity contribution in [2.75, 3.05) is 45.9 Å². The van der Waals surface area contributed by atoms with E-state index in [0.717, 1.165) is 68.1 Å². The summed E-state index contributed by atoms with van der Waals surface area (Å²) in [5.74, 6) is 0.814. The second-order valence-electron chi connectivity index (χ2n) is 6.90. The molecule has 8 heteroatoms. The van der Waals surface area contributed by atoms with Crippen LogP contribution in [0, 0.1) is 0 Å². The lowest BCUT2D eigenvalue weighted by Gasteiger charge is -2.34. The summed E-state index contributed by atoms with van der Waals surface area (Å²) in [6.07, 6.45) is 2.67. The van der Waals surface area contributed by atoms with Crippen molar-refractivity contribution in [1.82, 2.24) is 20.5 Å². The zero-order valence-corrected chi connectivity index (χ0v) is 20.5. The van der Waals surface area contributed by atoms with Crippen molar-refractivity contribution in [1.29, 1.82) is 0 Å². The largest absolute Gasteiger partial charge is 0.379 e. The molecule has 2 heterocycles. The van der Waals surface area contributed by atoms with Gasteiger partial charge in [0, 0.05) is 49.5 Å².